The van der Waals surface area contributed by atoms with E-state index in [0.29, 0.717) is 5.56 Å². The van der Waals surface area contributed by atoms with Crippen molar-refractivity contribution in [3.63, 3.8) is 0 Å². The molecule has 0 aromatic heterocycles. The van der Waals surface area contributed by atoms with Gasteiger partial charge in [-0.25, -0.2) is 17.5 Å². The Morgan fingerprint density at radius 1 is 1.40 bits per heavy atom. The van der Waals surface area contributed by atoms with Crippen LogP contribution in [0.5, 0.6) is 0 Å². The number of aliphatic hydroxyl groups is 1. The summed E-state index contributed by atoms with van der Waals surface area (Å²) in [6.07, 6.45) is 0.265. The van der Waals surface area contributed by atoms with Gasteiger partial charge in [0.15, 0.2) is 0 Å². The van der Waals surface area contributed by atoms with Crippen LogP contribution in [0.3, 0.4) is 0 Å². The summed E-state index contributed by atoms with van der Waals surface area (Å²) in [5, 5.41) is 8.95. The van der Waals surface area contributed by atoms with E-state index >= 15 is 0 Å². The highest BCUT2D eigenvalue weighted by Gasteiger charge is 2.29. The lowest BCUT2D eigenvalue weighted by Gasteiger charge is -2.26. The molecule has 0 unspecified atom stereocenters. The van der Waals surface area contributed by atoms with Gasteiger partial charge in [-0.15, -0.1) is 0 Å². The molecule has 0 bridgehead atoms. The molecule has 20 heavy (non-hydrogen) atoms. The monoisotopic (exact) mass is 304 g/mol. The maximum atomic E-state index is 13.5. The minimum absolute atomic E-state index is 0.0117. The fourth-order valence-electron chi connectivity index (χ4n) is 2.09. The van der Waals surface area contributed by atoms with Crippen LogP contribution in [0.15, 0.2) is 11.0 Å². The third kappa shape index (κ3) is 3.47. The Kier molecular flexibility index (Phi) is 4.78. The Morgan fingerprint density at radius 3 is 2.45 bits per heavy atom. The summed E-state index contributed by atoms with van der Waals surface area (Å²) in [6.45, 7) is 6.18. The van der Waals surface area contributed by atoms with Crippen LogP contribution in [-0.2, 0) is 10.0 Å². The molecule has 0 aliphatic rings. The molecule has 0 aliphatic carbocycles. The van der Waals surface area contributed by atoms with Crippen LogP contribution in [0.2, 0.25) is 0 Å². The molecule has 1 rings (SSSR count). The van der Waals surface area contributed by atoms with E-state index in [2.05, 4.69) is 4.72 Å². The van der Waals surface area contributed by atoms with E-state index in [4.69, 9.17) is 10.8 Å². The fourth-order valence-corrected chi connectivity index (χ4v) is 4.02. The first-order chi connectivity index (χ1) is 9.02. The van der Waals surface area contributed by atoms with E-state index in [1.165, 1.54) is 13.8 Å². The van der Waals surface area contributed by atoms with Crippen LogP contribution in [0.4, 0.5) is 10.1 Å². The van der Waals surface area contributed by atoms with Crippen LogP contribution in [-0.4, -0.2) is 25.7 Å². The van der Waals surface area contributed by atoms with Crippen LogP contribution in [0, 0.1) is 19.7 Å². The molecule has 0 atom stereocenters. The molecule has 114 valence electrons. The highest BCUT2D eigenvalue weighted by Crippen LogP contribution is 2.28. The Balaban J connectivity index is 3.34. The molecule has 1 aromatic carbocycles. The zero-order valence-corrected chi connectivity index (χ0v) is 12.9. The van der Waals surface area contributed by atoms with Crippen molar-refractivity contribution < 1.29 is 17.9 Å². The predicted molar refractivity (Wildman–Crippen MR) is 76.4 cm³/mol. The van der Waals surface area contributed by atoms with Gasteiger partial charge in [-0.1, -0.05) is 0 Å². The van der Waals surface area contributed by atoms with Gasteiger partial charge in [0.25, 0.3) is 0 Å². The number of hydrogen-bond acceptors (Lipinski definition) is 4. The van der Waals surface area contributed by atoms with Crippen molar-refractivity contribution in [3.8, 4) is 0 Å². The zero-order chi connectivity index (χ0) is 15.7. The lowest BCUT2D eigenvalue weighted by molar-refractivity contribution is 0.245. The third-order valence-corrected chi connectivity index (χ3v) is 5.11. The molecule has 0 fully saturated rings. The summed E-state index contributed by atoms with van der Waals surface area (Å²) in [4.78, 5) is -0.0117. The number of halogens is 1. The van der Waals surface area contributed by atoms with Gasteiger partial charge in [-0.3, -0.25) is 0 Å². The summed E-state index contributed by atoms with van der Waals surface area (Å²) in [7, 11) is -3.85. The molecule has 0 spiro atoms. The minimum atomic E-state index is -3.85. The van der Waals surface area contributed by atoms with Crippen LogP contribution < -0.4 is 10.5 Å². The largest absolute Gasteiger partial charge is 0.396 e. The number of sulfonamides is 1. The van der Waals surface area contributed by atoms with Gasteiger partial charge in [0.2, 0.25) is 10.0 Å². The van der Waals surface area contributed by atoms with E-state index in [-0.39, 0.29) is 29.2 Å². The lowest BCUT2D eigenvalue weighted by Crippen LogP contribution is -2.44. The lowest BCUT2D eigenvalue weighted by atomic mass is 10.0. The number of aryl methyl sites for hydroxylation is 1. The molecule has 0 amide bonds. The molecule has 1 aromatic rings. The molecule has 0 aliphatic heterocycles. The predicted octanol–water partition coefficient (Wildman–Crippen LogP) is 1.46. The Morgan fingerprint density at radius 2 is 1.95 bits per heavy atom. The average Bonchev–Trinajstić information content (AvgIpc) is 2.23. The van der Waals surface area contributed by atoms with Crippen molar-refractivity contribution in [2.45, 2.75) is 44.6 Å². The van der Waals surface area contributed by atoms with Gasteiger partial charge in [-0.2, -0.15) is 0 Å². The Labute approximate surface area is 119 Å². The van der Waals surface area contributed by atoms with Gasteiger partial charge in [0, 0.05) is 12.1 Å². The van der Waals surface area contributed by atoms with E-state index in [9.17, 15) is 12.8 Å². The van der Waals surface area contributed by atoms with Crippen molar-refractivity contribution >= 4 is 15.7 Å². The third-order valence-electron chi connectivity index (χ3n) is 3.12. The normalized spacial score (nSPS) is 12.7. The van der Waals surface area contributed by atoms with Gasteiger partial charge >= 0.3 is 0 Å². The topological polar surface area (TPSA) is 92.4 Å². The molecular formula is C13H21FN2O3S. The van der Waals surface area contributed by atoms with Crippen molar-refractivity contribution in [2.24, 2.45) is 0 Å². The SMILES string of the molecule is Cc1cc(F)c(N)c(C)c1S(=O)(=O)NC(C)(C)CCO. The highest BCUT2D eigenvalue weighted by atomic mass is 32.2. The number of hydrogen-bond donors (Lipinski definition) is 3. The van der Waals surface area contributed by atoms with Crippen molar-refractivity contribution in [1.29, 1.82) is 0 Å². The van der Waals surface area contributed by atoms with Gasteiger partial charge in [-0.05, 0) is 51.3 Å². The standard InChI is InChI=1S/C13H21FN2O3S/c1-8-7-10(14)11(15)9(2)12(8)20(18,19)16-13(3,4)5-6-17/h7,16-17H,5-6,15H2,1-4H3. The number of anilines is 1. The second-order valence-corrected chi connectivity index (χ2v) is 7.13. The number of aliphatic hydroxyl groups excluding tert-OH is 1. The number of benzene rings is 1. The number of nitrogens with two attached hydrogens (primary N) is 1. The van der Waals surface area contributed by atoms with E-state index in [1.807, 2.05) is 0 Å². The first-order valence-corrected chi connectivity index (χ1v) is 7.70. The zero-order valence-electron chi connectivity index (χ0n) is 12.1. The van der Waals surface area contributed by atoms with Crippen molar-refractivity contribution in [2.75, 3.05) is 12.3 Å². The first kappa shape index (κ1) is 16.9. The number of rotatable bonds is 5. The second kappa shape index (κ2) is 5.67. The maximum Gasteiger partial charge on any atom is 0.241 e. The summed E-state index contributed by atoms with van der Waals surface area (Å²) >= 11 is 0. The molecule has 5 nitrogen and oxygen atoms in total. The molecule has 0 saturated carbocycles. The van der Waals surface area contributed by atoms with Crippen molar-refractivity contribution in [1.82, 2.24) is 4.72 Å². The van der Waals surface area contributed by atoms with Crippen molar-refractivity contribution in [3.05, 3.63) is 23.0 Å². The number of nitrogens with one attached hydrogen (secondary N) is 1. The molecule has 4 N–H and O–H groups in total. The average molecular weight is 304 g/mol. The second-order valence-electron chi connectivity index (χ2n) is 5.51. The quantitative estimate of drug-likeness (QED) is 0.718. The maximum absolute atomic E-state index is 13.5. The summed E-state index contributed by atoms with van der Waals surface area (Å²) in [5.41, 5.74) is 5.07. The van der Waals surface area contributed by atoms with Crippen LogP contribution in [0.1, 0.15) is 31.4 Å². The first-order valence-electron chi connectivity index (χ1n) is 6.22. The molecule has 7 heteroatoms. The summed E-state index contributed by atoms with van der Waals surface area (Å²) < 4.78 is 40.9. The molecular weight excluding hydrogens is 283 g/mol. The Hall–Kier alpha value is -1.18. The van der Waals surface area contributed by atoms with Crippen LogP contribution >= 0.6 is 0 Å². The van der Waals surface area contributed by atoms with Crippen LogP contribution in [0.25, 0.3) is 0 Å². The smallest absolute Gasteiger partial charge is 0.241 e. The van der Waals surface area contributed by atoms with Gasteiger partial charge in [0.05, 0.1) is 10.6 Å². The highest BCUT2D eigenvalue weighted by molar-refractivity contribution is 7.89. The van der Waals surface area contributed by atoms with Gasteiger partial charge < -0.3 is 10.8 Å². The fraction of sp³-hybridized carbons (Fsp3) is 0.538. The number of nitrogen functional groups attached to an aromatic ring is 1. The summed E-state index contributed by atoms with van der Waals surface area (Å²) in [6, 6.07) is 1.11. The molecule has 0 radical (unpaired) electrons. The van der Waals surface area contributed by atoms with E-state index in [0.717, 1.165) is 6.07 Å². The van der Waals surface area contributed by atoms with Gasteiger partial charge in [0.1, 0.15) is 5.82 Å². The molecule has 0 saturated heterocycles. The molecule has 0 heterocycles. The van der Waals surface area contributed by atoms with E-state index in [1.54, 1.807) is 13.8 Å². The Bertz CT molecular complexity index is 613. The summed E-state index contributed by atoms with van der Waals surface area (Å²) in [5.74, 6) is -0.631. The minimum Gasteiger partial charge on any atom is -0.396 e. The van der Waals surface area contributed by atoms with E-state index < -0.39 is 21.4 Å².